The monoisotopic (exact) mass is 339 g/mol. The molecule has 6 nitrogen and oxygen atoms in total. The normalized spacial score (nSPS) is 14.2. The van der Waals surface area contributed by atoms with Crippen LogP contribution in [0.4, 0.5) is 0 Å². The molecule has 2 aromatic heterocycles. The minimum atomic E-state index is -0.0928. The Bertz CT molecular complexity index is 987. The van der Waals surface area contributed by atoms with Crippen molar-refractivity contribution in [1.29, 1.82) is 0 Å². The molecule has 130 valence electrons. The van der Waals surface area contributed by atoms with E-state index >= 15 is 0 Å². The number of nitrogens with zero attached hydrogens (tertiary/aromatic N) is 1. The van der Waals surface area contributed by atoms with Crippen LogP contribution in [0, 0.1) is 0 Å². The highest BCUT2D eigenvalue weighted by molar-refractivity contribution is 5.86. The van der Waals surface area contributed by atoms with Crippen molar-refractivity contribution in [3.05, 3.63) is 39.7 Å². The van der Waals surface area contributed by atoms with Crippen LogP contribution in [-0.2, 0) is 12.8 Å². The number of ether oxygens (including phenoxy) is 2. The third kappa shape index (κ3) is 2.49. The lowest BCUT2D eigenvalue weighted by Crippen LogP contribution is -2.06. The molecule has 0 radical (unpaired) electrons. The molecule has 0 aliphatic heterocycles. The lowest BCUT2D eigenvalue weighted by Gasteiger charge is -2.16. The molecule has 6 heteroatoms. The summed E-state index contributed by atoms with van der Waals surface area (Å²) in [4.78, 5) is 17.0. The van der Waals surface area contributed by atoms with Crippen LogP contribution in [-0.4, -0.2) is 29.4 Å². The molecule has 1 aliphatic rings. The Labute approximate surface area is 145 Å². The van der Waals surface area contributed by atoms with Crippen molar-refractivity contribution in [2.24, 2.45) is 0 Å². The fourth-order valence-electron chi connectivity index (χ4n) is 3.81. The average molecular weight is 339 g/mol. The summed E-state index contributed by atoms with van der Waals surface area (Å²) in [5.41, 5.74) is 4.54. The average Bonchev–Trinajstić information content (AvgIpc) is 2.85. The van der Waals surface area contributed by atoms with E-state index in [0.29, 0.717) is 22.5 Å². The first-order chi connectivity index (χ1) is 12.2. The van der Waals surface area contributed by atoms with Gasteiger partial charge >= 0.3 is 0 Å². The van der Waals surface area contributed by atoms with Crippen LogP contribution >= 0.6 is 0 Å². The lowest BCUT2D eigenvalue weighted by molar-refractivity contribution is 0.356. The Balaban J connectivity index is 2.06. The molecule has 0 saturated carbocycles. The van der Waals surface area contributed by atoms with Gasteiger partial charge in [-0.3, -0.25) is 15.0 Å². The molecule has 2 N–H and O–H groups in total. The van der Waals surface area contributed by atoms with Gasteiger partial charge < -0.3 is 9.47 Å². The number of aromatic amines is 2. The summed E-state index contributed by atoms with van der Waals surface area (Å²) in [6.07, 6.45) is 5.16. The van der Waals surface area contributed by atoms with Crippen molar-refractivity contribution in [2.45, 2.75) is 32.1 Å². The van der Waals surface area contributed by atoms with E-state index in [4.69, 9.17) is 14.5 Å². The molecule has 25 heavy (non-hydrogen) atoms. The molecular weight excluding hydrogens is 318 g/mol. The van der Waals surface area contributed by atoms with Crippen LogP contribution in [0.5, 0.6) is 11.5 Å². The summed E-state index contributed by atoms with van der Waals surface area (Å²) >= 11 is 0. The van der Waals surface area contributed by atoms with E-state index in [1.807, 2.05) is 18.2 Å². The maximum atomic E-state index is 12.3. The molecule has 2 heterocycles. The quantitative estimate of drug-likeness (QED) is 0.718. The first kappa shape index (κ1) is 15.7. The van der Waals surface area contributed by atoms with Gasteiger partial charge in [0.2, 0.25) is 0 Å². The molecule has 1 aromatic carbocycles. The number of benzene rings is 1. The van der Waals surface area contributed by atoms with Crippen LogP contribution in [0.15, 0.2) is 23.0 Å². The van der Waals surface area contributed by atoms with Crippen molar-refractivity contribution < 1.29 is 9.47 Å². The number of aromatic nitrogens is 3. The molecule has 0 spiro atoms. The number of fused-ring (bicyclic) bond motifs is 3. The van der Waals surface area contributed by atoms with Crippen LogP contribution in [0.1, 0.15) is 30.4 Å². The third-order valence-corrected chi connectivity index (χ3v) is 4.95. The van der Waals surface area contributed by atoms with Gasteiger partial charge in [0.1, 0.15) is 0 Å². The SMILES string of the molecule is COc1cccc(-c2nc3[nH][nH]c(=O)c3c3c2CCCCC3)c1OC. The number of rotatable bonds is 3. The van der Waals surface area contributed by atoms with E-state index in [-0.39, 0.29) is 5.56 Å². The Kier molecular flexibility index (Phi) is 3.95. The van der Waals surface area contributed by atoms with Crippen molar-refractivity contribution >= 4 is 11.0 Å². The highest BCUT2D eigenvalue weighted by Gasteiger charge is 2.23. The molecule has 0 bridgehead atoms. The van der Waals surface area contributed by atoms with E-state index < -0.39 is 0 Å². The Morgan fingerprint density at radius 3 is 2.56 bits per heavy atom. The van der Waals surface area contributed by atoms with Crippen molar-refractivity contribution in [1.82, 2.24) is 15.2 Å². The molecule has 0 saturated heterocycles. The second-order valence-corrected chi connectivity index (χ2v) is 6.32. The number of pyridine rings is 1. The van der Waals surface area contributed by atoms with Gasteiger partial charge in [0.25, 0.3) is 5.56 Å². The van der Waals surface area contributed by atoms with Crippen LogP contribution in [0.3, 0.4) is 0 Å². The van der Waals surface area contributed by atoms with E-state index in [0.717, 1.165) is 54.5 Å². The first-order valence-electron chi connectivity index (χ1n) is 8.58. The summed E-state index contributed by atoms with van der Waals surface area (Å²) in [5, 5.41) is 6.29. The number of nitrogens with one attached hydrogen (secondary N) is 2. The third-order valence-electron chi connectivity index (χ3n) is 4.95. The summed E-state index contributed by atoms with van der Waals surface area (Å²) in [7, 11) is 3.26. The first-order valence-corrected chi connectivity index (χ1v) is 8.58. The summed E-state index contributed by atoms with van der Waals surface area (Å²) < 4.78 is 11.1. The van der Waals surface area contributed by atoms with Crippen LogP contribution in [0.25, 0.3) is 22.3 Å². The van der Waals surface area contributed by atoms with E-state index in [1.165, 1.54) is 0 Å². The molecule has 0 unspecified atom stereocenters. The number of hydrogen-bond acceptors (Lipinski definition) is 4. The van der Waals surface area contributed by atoms with Crippen LogP contribution in [0.2, 0.25) is 0 Å². The van der Waals surface area contributed by atoms with Crippen molar-refractivity contribution in [2.75, 3.05) is 14.2 Å². The standard InChI is InChI=1S/C19H21N3O3/c1-24-14-10-6-9-13(17(14)25-2)16-12-8-5-3-4-7-11(12)15-18(20-16)21-22-19(15)23/h6,9-10H,3-5,7-8H2,1-2H3,(H2,20,21,22,23). The lowest BCUT2D eigenvalue weighted by atomic mass is 9.95. The highest BCUT2D eigenvalue weighted by atomic mass is 16.5. The molecule has 0 atom stereocenters. The predicted molar refractivity (Wildman–Crippen MR) is 96.5 cm³/mol. The number of hydrogen-bond donors (Lipinski definition) is 2. The summed E-state index contributed by atoms with van der Waals surface area (Å²) in [6, 6.07) is 5.80. The van der Waals surface area contributed by atoms with E-state index in [1.54, 1.807) is 14.2 Å². The van der Waals surface area contributed by atoms with Gasteiger partial charge in [0.15, 0.2) is 17.1 Å². The Morgan fingerprint density at radius 1 is 1.00 bits per heavy atom. The van der Waals surface area contributed by atoms with Gasteiger partial charge in [-0.05, 0) is 48.9 Å². The highest BCUT2D eigenvalue weighted by Crippen LogP contribution is 2.41. The van der Waals surface area contributed by atoms with Gasteiger partial charge in [-0.15, -0.1) is 0 Å². The van der Waals surface area contributed by atoms with Gasteiger partial charge in [-0.1, -0.05) is 12.5 Å². The number of aryl methyl sites for hydroxylation is 1. The zero-order valence-electron chi connectivity index (χ0n) is 14.4. The summed E-state index contributed by atoms with van der Waals surface area (Å²) in [5.74, 6) is 1.34. The van der Waals surface area contributed by atoms with Crippen LogP contribution < -0.4 is 15.0 Å². The molecule has 0 amide bonds. The maximum Gasteiger partial charge on any atom is 0.273 e. The Hall–Kier alpha value is -2.76. The number of methoxy groups -OCH3 is 2. The van der Waals surface area contributed by atoms with Gasteiger partial charge in [0.05, 0.1) is 25.3 Å². The molecular formula is C19H21N3O3. The molecule has 3 aromatic rings. The summed E-state index contributed by atoms with van der Waals surface area (Å²) in [6.45, 7) is 0. The topological polar surface area (TPSA) is 80.0 Å². The second kappa shape index (κ2) is 6.27. The minimum Gasteiger partial charge on any atom is -0.493 e. The minimum absolute atomic E-state index is 0.0928. The largest absolute Gasteiger partial charge is 0.493 e. The van der Waals surface area contributed by atoms with E-state index in [9.17, 15) is 4.79 Å². The smallest absolute Gasteiger partial charge is 0.273 e. The van der Waals surface area contributed by atoms with Crippen molar-refractivity contribution in [3.8, 4) is 22.8 Å². The zero-order chi connectivity index (χ0) is 17.4. The van der Waals surface area contributed by atoms with E-state index in [2.05, 4.69) is 10.2 Å². The van der Waals surface area contributed by atoms with Gasteiger partial charge in [-0.25, -0.2) is 4.98 Å². The number of para-hydroxylation sites is 1. The molecule has 4 rings (SSSR count). The Morgan fingerprint density at radius 2 is 1.80 bits per heavy atom. The fourth-order valence-corrected chi connectivity index (χ4v) is 3.81. The zero-order valence-corrected chi connectivity index (χ0v) is 14.4. The molecule has 0 fully saturated rings. The maximum absolute atomic E-state index is 12.3. The molecule has 1 aliphatic carbocycles. The van der Waals surface area contributed by atoms with Gasteiger partial charge in [0, 0.05) is 5.56 Å². The fraction of sp³-hybridized carbons (Fsp3) is 0.368. The number of H-pyrrole nitrogens is 2. The van der Waals surface area contributed by atoms with Gasteiger partial charge in [-0.2, -0.15) is 0 Å². The van der Waals surface area contributed by atoms with Crippen molar-refractivity contribution in [3.63, 3.8) is 0 Å². The predicted octanol–water partition coefficient (Wildman–Crippen LogP) is 3.20. The second-order valence-electron chi connectivity index (χ2n) is 6.32.